The third-order valence-electron chi connectivity index (χ3n) is 4.12. The van der Waals surface area contributed by atoms with Gasteiger partial charge in [-0.25, -0.2) is 13.6 Å². The predicted molar refractivity (Wildman–Crippen MR) is 111 cm³/mol. The van der Waals surface area contributed by atoms with Gasteiger partial charge in [-0.2, -0.15) is 0 Å². The summed E-state index contributed by atoms with van der Waals surface area (Å²) in [6, 6.07) is 9.30. The zero-order valence-electron chi connectivity index (χ0n) is 17.9. The molecule has 8 heteroatoms. The maximum atomic E-state index is 13.3. The van der Waals surface area contributed by atoms with Gasteiger partial charge in [-0.05, 0) is 51.0 Å². The van der Waals surface area contributed by atoms with Crippen molar-refractivity contribution in [3.63, 3.8) is 0 Å². The van der Waals surface area contributed by atoms with E-state index in [0.29, 0.717) is 11.6 Å². The van der Waals surface area contributed by atoms with Crippen LogP contribution in [0.15, 0.2) is 48.5 Å². The molecule has 2 aromatic rings. The second kappa shape index (κ2) is 10.1. The predicted octanol–water partition coefficient (Wildman–Crippen LogP) is 3.21. The molecule has 0 saturated heterocycles. The molecule has 2 atom stereocenters. The lowest BCUT2D eigenvalue weighted by molar-refractivity contribution is -0.159. The minimum Gasteiger partial charge on any atom is -0.458 e. The van der Waals surface area contributed by atoms with Gasteiger partial charge in [0.1, 0.15) is 23.3 Å². The van der Waals surface area contributed by atoms with Crippen LogP contribution < -0.4 is 10.6 Å². The lowest BCUT2D eigenvalue weighted by Crippen LogP contribution is -2.48. The Balaban J connectivity index is 2.06. The summed E-state index contributed by atoms with van der Waals surface area (Å²) in [7, 11) is 0. The average Bonchev–Trinajstić information content (AvgIpc) is 2.64. The van der Waals surface area contributed by atoms with Gasteiger partial charge in [0.15, 0.2) is 6.04 Å². The van der Waals surface area contributed by atoms with Crippen molar-refractivity contribution in [2.45, 2.75) is 51.8 Å². The van der Waals surface area contributed by atoms with Gasteiger partial charge in [-0.3, -0.25) is 9.59 Å². The number of halogens is 2. The highest BCUT2D eigenvalue weighted by Crippen LogP contribution is 2.19. The van der Waals surface area contributed by atoms with E-state index in [2.05, 4.69) is 10.6 Å². The molecule has 0 bridgehead atoms. The molecule has 166 valence electrons. The van der Waals surface area contributed by atoms with Crippen molar-refractivity contribution in [2.75, 3.05) is 0 Å². The van der Waals surface area contributed by atoms with Crippen LogP contribution in [0.25, 0.3) is 0 Å². The summed E-state index contributed by atoms with van der Waals surface area (Å²) in [6.07, 6.45) is -0.305. The molecule has 0 saturated carbocycles. The molecule has 2 rings (SSSR count). The van der Waals surface area contributed by atoms with E-state index in [4.69, 9.17) is 4.74 Å². The van der Waals surface area contributed by atoms with Gasteiger partial charge < -0.3 is 15.4 Å². The smallest absolute Gasteiger partial charge is 0.333 e. The van der Waals surface area contributed by atoms with E-state index in [9.17, 15) is 23.2 Å². The van der Waals surface area contributed by atoms with Crippen molar-refractivity contribution in [3.05, 3.63) is 71.3 Å². The average molecular weight is 432 g/mol. The molecule has 0 spiro atoms. The van der Waals surface area contributed by atoms with Crippen LogP contribution in [0.1, 0.15) is 44.9 Å². The molecule has 1 unspecified atom stereocenters. The van der Waals surface area contributed by atoms with E-state index >= 15 is 0 Å². The Labute approximate surface area is 180 Å². The van der Waals surface area contributed by atoms with Gasteiger partial charge in [-0.15, -0.1) is 0 Å². The molecule has 0 fully saturated rings. The van der Waals surface area contributed by atoms with Crippen LogP contribution in [0, 0.1) is 11.6 Å². The largest absolute Gasteiger partial charge is 0.458 e. The Morgan fingerprint density at radius 1 is 0.968 bits per heavy atom. The number of carbonyl (C=O) groups is 3. The molecule has 0 aromatic heterocycles. The number of hydrogen-bond donors (Lipinski definition) is 2. The summed E-state index contributed by atoms with van der Waals surface area (Å²) in [6.45, 7) is 6.59. The first kappa shape index (κ1) is 24.0. The number of benzene rings is 2. The van der Waals surface area contributed by atoms with Crippen molar-refractivity contribution >= 4 is 17.8 Å². The number of ether oxygens (including phenoxy) is 1. The number of rotatable bonds is 7. The van der Waals surface area contributed by atoms with Crippen molar-refractivity contribution in [3.8, 4) is 0 Å². The fraction of sp³-hybridized carbons (Fsp3) is 0.348. The Morgan fingerprint density at radius 2 is 1.55 bits per heavy atom. The third kappa shape index (κ3) is 7.81. The Morgan fingerprint density at radius 3 is 2.10 bits per heavy atom. The first-order chi connectivity index (χ1) is 14.4. The first-order valence-corrected chi connectivity index (χ1v) is 9.77. The number of hydrogen-bond acceptors (Lipinski definition) is 4. The van der Waals surface area contributed by atoms with E-state index in [0.717, 1.165) is 12.1 Å². The molecular formula is C23H26F2N2O4. The Kier molecular flexibility index (Phi) is 7.85. The summed E-state index contributed by atoms with van der Waals surface area (Å²) in [5.41, 5.74) is -0.0908. The van der Waals surface area contributed by atoms with Crippen LogP contribution in [0.3, 0.4) is 0 Å². The Bertz CT molecular complexity index is 922. The molecule has 2 amide bonds. The molecule has 6 nitrogen and oxygen atoms in total. The second-order valence-corrected chi connectivity index (χ2v) is 8.13. The monoisotopic (exact) mass is 432 g/mol. The topological polar surface area (TPSA) is 84.5 Å². The number of carbonyl (C=O) groups excluding carboxylic acids is 3. The molecule has 0 aliphatic rings. The standard InChI is InChI=1S/C23H26F2N2O4/c1-14(26-19(28)12-15-10-17(24)13-18(25)11-15)21(29)27-20(16-8-6-5-7-9-16)22(30)31-23(2,3)4/h5-11,13-14,20H,12H2,1-4H3,(H,26,28)(H,27,29)/t14?,20-/m0/s1. The molecule has 0 aliphatic heterocycles. The van der Waals surface area contributed by atoms with Gasteiger partial charge >= 0.3 is 5.97 Å². The number of nitrogens with one attached hydrogen (secondary N) is 2. The van der Waals surface area contributed by atoms with Gasteiger partial charge in [0.2, 0.25) is 11.8 Å². The molecule has 2 N–H and O–H groups in total. The number of esters is 1. The highest BCUT2D eigenvalue weighted by atomic mass is 19.1. The molecule has 0 aliphatic carbocycles. The van der Waals surface area contributed by atoms with Gasteiger partial charge in [0, 0.05) is 6.07 Å². The van der Waals surface area contributed by atoms with Gasteiger partial charge in [0.25, 0.3) is 0 Å². The highest BCUT2D eigenvalue weighted by molar-refractivity contribution is 5.91. The molecule has 0 heterocycles. The van der Waals surface area contributed by atoms with Crippen LogP contribution in [0.5, 0.6) is 0 Å². The summed E-state index contributed by atoms with van der Waals surface area (Å²) < 4.78 is 32.0. The second-order valence-electron chi connectivity index (χ2n) is 8.13. The highest BCUT2D eigenvalue weighted by Gasteiger charge is 2.29. The first-order valence-electron chi connectivity index (χ1n) is 9.77. The van der Waals surface area contributed by atoms with Gasteiger partial charge in [0.05, 0.1) is 6.42 Å². The van der Waals surface area contributed by atoms with Crippen LogP contribution >= 0.6 is 0 Å². The SMILES string of the molecule is CC(NC(=O)Cc1cc(F)cc(F)c1)C(=O)N[C@H](C(=O)OC(C)(C)C)c1ccccc1. The maximum absolute atomic E-state index is 13.3. The fourth-order valence-corrected chi connectivity index (χ4v) is 2.81. The van der Waals surface area contributed by atoms with Crippen LogP contribution in [0.4, 0.5) is 8.78 Å². The van der Waals surface area contributed by atoms with E-state index in [1.54, 1.807) is 51.1 Å². The fourth-order valence-electron chi connectivity index (χ4n) is 2.81. The molecule has 2 aromatic carbocycles. The van der Waals surface area contributed by atoms with Crippen molar-refractivity contribution in [2.24, 2.45) is 0 Å². The van der Waals surface area contributed by atoms with E-state index < -0.39 is 47.1 Å². The summed E-state index contributed by atoms with van der Waals surface area (Å²) >= 11 is 0. The van der Waals surface area contributed by atoms with E-state index in [1.165, 1.54) is 6.92 Å². The number of amides is 2. The van der Waals surface area contributed by atoms with E-state index in [-0.39, 0.29) is 12.0 Å². The normalized spacial score (nSPS) is 13.1. The van der Waals surface area contributed by atoms with Crippen LogP contribution in [-0.2, 0) is 25.5 Å². The van der Waals surface area contributed by atoms with Crippen molar-refractivity contribution < 1.29 is 27.9 Å². The molecule has 31 heavy (non-hydrogen) atoms. The van der Waals surface area contributed by atoms with Gasteiger partial charge in [-0.1, -0.05) is 30.3 Å². The maximum Gasteiger partial charge on any atom is 0.333 e. The molecule has 0 radical (unpaired) electrons. The summed E-state index contributed by atoms with van der Waals surface area (Å²) in [5, 5.41) is 5.06. The summed E-state index contributed by atoms with van der Waals surface area (Å²) in [5.74, 6) is -3.44. The van der Waals surface area contributed by atoms with Crippen molar-refractivity contribution in [1.29, 1.82) is 0 Å². The minimum atomic E-state index is -1.07. The lowest BCUT2D eigenvalue weighted by atomic mass is 10.1. The Hall–Kier alpha value is -3.29. The lowest BCUT2D eigenvalue weighted by Gasteiger charge is -2.26. The zero-order valence-corrected chi connectivity index (χ0v) is 17.9. The van der Waals surface area contributed by atoms with Crippen LogP contribution in [-0.4, -0.2) is 29.4 Å². The quantitative estimate of drug-likeness (QED) is 0.658. The summed E-state index contributed by atoms with van der Waals surface area (Å²) in [4.78, 5) is 37.5. The van der Waals surface area contributed by atoms with Crippen molar-refractivity contribution in [1.82, 2.24) is 10.6 Å². The minimum absolute atomic E-state index is 0.138. The van der Waals surface area contributed by atoms with E-state index in [1.807, 2.05) is 0 Å². The zero-order chi connectivity index (χ0) is 23.2. The van der Waals surface area contributed by atoms with Crippen LogP contribution in [0.2, 0.25) is 0 Å². The molecular weight excluding hydrogens is 406 g/mol. The third-order valence-corrected chi connectivity index (χ3v) is 4.12.